The van der Waals surface area contributed by atoms with E-state index in [2.05, 4.69) is 14.7 Å². The Hall–Kier alpha value is -3.56. The molecule has 1 amide bonds. The summed E-state index contributed by atoms with van der Waals surface area (Å²) in [5.41, 5.74) is 0.935. The van der Waals surface area contributed by atoms with E-state index in [9.17, 15) is 22.8 Å². The number of nitrogens with zero attached hydrogens (tertiary/aromatic N) is 2. The molecule has 1 aliphatic rings. The number of rotatable bonds is 5. The fourth-order valence-corrected chi connectivity index (χ4v) is 3.37. The van der Waals surface area contributed by atoms with Gasteiger partial charge in [-0.2, -0.15) is 0 Å². The second-order valence-corrected chi connectivity index (χ2v) is 6.88. The van der Waals surface area contributed by atoms with Gasteiger partial charge in [0.25, 0.3) is 5.91 Å². The van der Waals surface area contributed by atoms with E-state index < -0.39 is 23.2 Å². The highest BCUT2D eigenvalue weighted by Gasteiger charge is 2.29. The Kier molecular flexibility index (Phi) is 5.30. The molecule has 30 heavy (non-hydrogen) atoms. The molecule has 2 aromatic carbocycles. The van der Waals surface area contributed by atoms with Gasteiger partial charge < -0.3 is 9.64 Å². The van der Waals surface area contributed by atoms with Crippen molar-refractivity contribution in [3.63, 3.8) is 0 Å². The Morgan fingerprint density at radius 2 is 1.90 bits per heavy atom. The smallest absolute Gasteiger partial charge is 0.439 e. The van der Waals surface area contributed by atoms with Crippen LogP contribution in [-0.4, -0.2) is 40.6 Å². The van der Waals surface area contributed by atoms with Gasteiger partial charge in [-0.05, 0) is 48.4 Å². The predicted octanol–water partition coefficient (Wildman–Crippen LogP) is 2.84. The third-order valence-electron chi connectivity index (χ3n) is 4.95. The molecule has 10 heteroatoms. The highest BCUT2D eigenvalue weighted by molar-refractivity contribution is 5.78. The lowest BCUT2D eigenvalue weighted by Crippen LogP contribution is -2.32. The Morgan fingerprint density at radius 3 is 2.53 bits per heavy atom. The van der Waals surface area contributed by atoms with Crippen LogP contribution in [0.15, 0.2) is 45.7 Å². The molecule has 0 bridgehead atoms. The lowest BCUT2D eigenvalue weighted by atomic mass is 9.98. The molecule has 156 valence electrons. The summed E-state index contributed by atoms with van der Waals surface area (Å²) in [6.45, 7) is 0.468. The molecule has 2 heterocycles. The molecule has 1 atom stereocenters. The summed E-state index contributed by atoms with van der Waals surface area (Å²) in [7, 11) is 0. The van der Waals surface area contributed by atoms with Crippen molar-refractivity contribution in [1.82, 2.24) is 15.0 Å². The molecule has 7 nitrogen and oxygen atoms in total. The number of hydrogen-bond donors (Lipinski definition) is 1. The molecule has 1 N–H and O–H groups in total. The molecular formula is C20H16F3N3O4. The normalized spacial score (nSPS) is 16.1. The lowest BCUT2D eigenvalue weighted by Gasteiger charge is -2.17. The van der Waals surface area contributed by atoms with Gasteiger partial charge in [0.05, 0.1) is 0 Å². The monoisotopic (exact) mass is 419 g/mol. The first kappa shape index (κ1) is 19.7. The van der Waals surface area contributed by atoms with Crippen LogP contribution in [-0.2, 0) is 4.79 Å². The van der Waals surface area contributed by atoms with Gasteiger partial charge >= 0.3 is 5.76 Å². The summed E-state index contributed by atoms with van der Waals surface area (Å²) in [4.78, 5) is 27.4. The maximum Gasteiger partial charge on any atom is 0.439 e. The minimum Gasteiger partial charge on any atom is -0.484 e. The fraction of sp³-hybridized carbons (Fsp3) is 0.250. The summed E-state index contributed by atoms with van der Waals surface area (Å²) < 4.78 is 50.0. The first-order valence-corrected chi connectivity index (χ1v) is 9.12. The van der Waals surface area contributed by atoms with Crippen LogP contribution >= 0.6 is 0 Å². The van der Waals surface area contributed by atoms with Crippen LogP contribution in [0.1, 0.15) is 17.9 Å². The van der Waals surface area contributed by atoms with Gasteiger partial charge in [-0.25, -0.2) is 18.0 Å². The Labute approximate surface area is 168 Å². The molecule has 3 aromatic rings. The number of carbonyl (C=O) groups is 1. The van der Waals surface area contributed by atoms with E-state index in [-0.39, 0.29) is 30.8 Å². The maximum atomic E-state index is 13.5. The summed E-state index contributed by atoms with van der Waals surface area (Å²) in [6.07, 6.45) is 0.515. The zero-order chi connectivity index (χ0) is 21.3. The van der Waals surface area contributed by atoms with E-state index in [1.807, 2.05) is 0 Å². The number of benzene rings is 2. The van der Waals surface area contributed by atoms with Gasteiger partial charge in [0.1, 0.15) is 5.75 Å². The summed E-state index contributed by atoms with van der Waals surface area (Å²) in [6, 6.07) is 8.47. The molecule has 0 spiro atoms. The first-order valence-electron chi connectivity index (χ1n) is 9.12. The second kappa shape index (κ2) is 8.05. The minimum absolute atomic E-state index is 0.209. The van der Waals surface area contributed by atoms with Crippen molar-refractivity contribution >= 4 is 5.91 Å². The third kappa shape index (κ3) is 4.07. The van der Waals surface area contributed by atoms with Crippen molar-refractivity contribution in [2.24, 2.45) is 0 Å². The van der Waals surface area contributed by atoms with Crippen LogP contribution in [0.3, 0.4) is 0 Å². The number of amides is 1. The second-order valence-electron chi connectivity index (χ2n) is 6.88. The zero-order valence-electron chi connectivity index (χ0n) is 15.5. The van der Waals surface area contributed by atoms with E-state index in [0.717, 1.165) is 12.1 Å². The van der Waals surface area contributed by atoms with Crippen LogP contribution in [0.5, 0.6) is 5.75 Å². The van der Waals surface area contributed by atoms with Crippen LogP contribution in [0, 0.1) is 17.5 Å². The molecule has 1 aromatic heterocycles. The molecule has 1 unspecified atom stereocenters. The standard InChI is InChI=1S/C20H16F3N3O4/c21-15-7-13(8-16(22)18(15)23)12-5-6-26(9-12)17(27)10-29-14-3-1-11(2-4-14)19-24-20(28)30-25-19/h1-4,7-8,12H,5-6,9-10H2,(H,24,25,28). The van der Waals surface area contributed by atoms with Crippen molar-refractivity contribution in [1.29, 1.82) is 0 Å². The van der Waals surface area contributed by atoms with E-state index >= 15 is 0 Å². The quantitative estimate of drug-likeness (QED) is 0.643. The van der Waals surface area contributed by atoms with Crippen LogP contribution in [0.25, 0.3) is 11.4 Å². The molecular weight excluding hydrogens is 403 g/mol. The van der Waals surface area contributed by atoms with E-state index in [1.54, 1.807) is 29.2 Å². The van der Waals surface area contributed by atoms with Crippen molar-refractivity contribution in [2.45, 2.75) is 12.3 Å². The Bertz CT molecular complexity index is 1100. The van der Waals surface area contributed by atoms with E-state index in [4.69, 9.17) is 4.74 Å². The number of H-pyrrole nitrogens is 1. The molecule has 1 saturated heterocycles. The number of halogens is 3. The van der Waals surface area contributed by atoms with Crippen LogP contribution in [0.4, 0.5) is 13.2 Å². The lowest BCUT2D eigenvalue weighted by molar-refractivity contribution is -0.132. The predicted molar refractivity (Wildman–Crippen MR) is 98.3 cm³/mol. The van der Waals surface area contributed by atoms with Gasteiger partial charge in [-0.1, -0.05) is 5.16 Å². The number of aromatic nitrogens is 2. The highest BCUT2D eigenvalue weighted by Crippen LogP contribution is 2.29. The first-order chi connectivity index (χ1) is 14.4. The molecule has 0 radical (unpaired) electrons. The van der Waals surface area contributed by atoms with Gasteiger partial charge in [0.2, 0.25) is 0 Å². The summed E-state index contributed by atoms with van der Waals surface area (Å²) >= 11 is 0. The molecule has 1 fully saturated rings. The van der Waals surface area contributed by atoms with Crippen molar-refractivity contribution in [2.75, 3.05) is 19.7 Å². The van der Waals surface area contributed by atoms with Crippen molar-refractivity contribution < 1.29 is 27.2 Å². The summed E-state index contributed by atoms with van der Waals surface area (Å²) in [5.74, 6) is -4.47. The minimum atomic E-state index is -1.50. The maximum absolute atomic E-state index is 13.5. The number of carbonyl (C=O) groups excluding carboxylic acids is 1. The SMILES string of the molecule is O=C(COc1ccc(-c2noc(=O)[nH]2)cc1)N1CCC(c2cc(F)c(F)c(F)c2)C1. The van der Waals surface area contributed by atoms with Gasteiger partial charge in [0, 0.05) is 24.6 Å². The number of hydrogen-bond acceptors (Lipinski definition) is 5. The fourth-order valence-electron chi connectivity index (χ4n) is 3.37. The van der Waals surface area contributed by atoms with E-state index in [1.165, 1.54) is 0 Å². The Balaban J connectivity index is 1.33. The molecule has 4 rings (SSSR count). The van der Waals surface area contributed by atoms with Crippen molar-refractivity contribution in [3.8, 4) is 17.1 Å². The average Bonchev–Trinajstić information content (AvgIpc) is 3.40. The molecule has 1 aliphatic heterocycles. The number of likely N-dealkylation sites (tertiary alicyclic amines) is 1. The number of aromatic amines is 1. The molecule has 0 aliphatic carbocycles. The zero-order valence-corrected chi connectivity index (χ0v) is 15.5. The number of nitrogens with one attached hydrogen (secondary N) is 1. The third-order valence-corrected chi connectivity index (χ3v) is 4.95. The van der Waals surface area contributed by atoms with Crippen molar-refractivity contribution in [3.05, 3.63) is 70.0 Å². The van der Waals surface area contributed by atoms with Gasteiger partial charge in [-0.15, -0.1) is 0 Å². The van der Waals surface area contributed by atoms with Crippen LogP contribution in [0.2, 0.25) is 0 Å². The van der Waals surface area contributed by atoms with Crippen LogP contribution < -0.4 is 10.5 Å². The average molecular weight is 419 g/mol. The summed E-state index contributed by atoms with van der Waals surface area (Å²) in [5, 5.41) is 3.58. The Morgan fingerprint density at radius 1 is 1.20 bits per heavy atom. The van der Waals surface area contributed by atoms with Gasteiger partial charge in [0.15, 0.2) is 29.9 Å². The number of ether oxygens (including phenoxy) is 1. The topological polar surface area (TPSA) is 88.4 Å². The highest BCUT2D eigenvalue weighted by atomic mass is 19.2. The molecule has 0 saturated carbocycles. The van der Waals surface area contributed by atoms with Gasteiger partial charge in [-0.3, -0.25) is 14.3 Å². The largest absolute Gasteiger partial charge is 0.484 e. The van der Waals surface area contributed by atoms with E-state index in [0.29, 0.717) is 29.8 Å².